The van der Waals surface area contributed by atoms with Crippen LogP contribution in [0.15, 0.2) is 65.8 Å². The van der Waals surface area contributed by atoms with E-state index in [9.17, 15) is 0 Å². The summed E-state index contributed by atoms with van der Waals surface area (Å²) in [7, 11) is 0. The summed E-state index contributed by atoms with van der Waals surface area (Å²) in [6, 6.07) is 10.7. The van der Waals surface area contributed by atoms with Gasteiger partial charge in [-0.1, -0.05) is 73.6 Å². The Labute approximate surface area is 142 Å². The zero-order valence-electron chi connectivity index (χ0n) is 15.4. The van der Waals surface area contributed by atoms with Gasteiger partial charge in [0, 0.05) is 5.41 Å². The second-order valence-electron chi connectivity index (χ2n) is 6.12. The van der Waals surface area contributed by atoms with Gasteiger partial charge in [0.1, 0.15) is 0 Å². The molecule has 0 spiro atoms. The molecule has 1 aromatic rings. The van der Waals surface area contributed by atoms with E-state index in [1.807, 2.05) is 6.92 Å². The first-order valence-corrected chi connectivity index (χ1v) is 8.69. The van der Waals surface area contributed by atoms with E-state index in [1.165, 1.54) is 16.7 Å². The maximum absolute atomic E-state index is 6.13. The van der Waals surface area contributed by atoms with Crippen LogP contribution in [-0.2, 0) is 10.2 Å². The molecule has 0 saturated carbocycles. The van der Waals surface area contributed by atoms with Gasteiger partial charge in [-0.05, 0) is 45.3 Å². The number of ether oxygens (including phenoxy) is 1. The van der Waals surface area contributed by atoms with Gasteiger partial charge in [-0.2, -0.15) is 0 Å². The standard InChI is InChI=1S/C22H32O/c1-6-13-19(8-3)17-23-18-22(5,20(9-4)14-7-2)21-15-11-10-12-16-21/h6,8-13,15-16H,7,14,17-18H2,1-5H3/b13-6-,19-8+,20-9+. The van der Waals surface area contributed by atoms with E-state index in [2.05, 4.69) is 82.3 Å². The average Bonchev–Trinajstić information content (AvgIpc) is 2.59. The van der Waals surface area contributed by atoms with Crippen molar-refractivity contribution in [3.63, 3.8) is 0 Å². The lowest BCUT2D eigenvalue weighted by Gasteiger charge is -2.33. The number of allylic oxidation sites excluding steroid dienone is 3. The lowest BCUT2D eigenvalue weighted by molar-refractivity contribution is 0.118. The first-order chi connectivity index (χ1) is 11.1. The smallest absolute Gasteiger partial charge is 0.0714 e. The van der Waals surface area contributed by atoms with Gasteiger partial charge in [0.25, 0.3) is 0 Å². The van der Waals surface area contributed by atoms with Crippen LogP contribution in [-0.4, -0.2) is 13.2 Å². The van der Waals surface area contributed by atoms with Crippen LogP contribution < -0.4 is 0 Å². The molecular formula is C22H32O. The lowest BCUT2D eigenvalue weighted by Crippen LogP contribution is -2.31. The number of benzene rings is 1. The van der Waals surface area contributed by atoms with Crippen LogP contribution >= 0.6 is 0 Å². The van der Waals surface area contributed by atoms with Crippen LogP contribution in [0.2, 0.25) is 0 Å². The third-order valence-electron chi connectivity index (χ3n) is 4.40. The molecule has 0 N–H and O–H groups in total. The van der Waals surface area contributed by atoms with E-state index in [4.69, 9.17) is 4.74 Å². The fourth-order valence-corrected chi connectivity index (χ4v) is 2.99. The highest BCUT2D eigenvalue weighted by Crippen LogP contribution is 2.35. The van der Waals surface area contributed by atoms with Crippen molar-refractivity contribution in [1.29, 1.82) is 0 Å². The molecule has 1 aromatic carbocycles. The summed E-state index contributed by atoms with van der Waals surface area (Å²) in [6.07, 6.45) is 10.8. The molecule has 0 fully saturated rings. The van der Waals surface area contributed by atoms with Gasteiger partial charge in [0.2, 0.25) is 0 Å². The molecule has 0 aromatic heterocycles. The highest BCUT2D eigenvalue weighted by Gasteiger charge is 2.30. The molecule has 0 aliphatic heterocycles. The molecule has 0 bridgehead atoms. The van der Waals surface area contributed by atoms with Crippen LogP contribution in [0.5, 0.6) is 0 Å². The van der Waals surface area contributed by atoms with Crippen molar-refractivity contribution in [1.82, 2.24) is 0 Å². The predicted molar refractivity (Wildman–Crippen MR) is 102 cm³/mol. The summed E-state index contributed by atoms with van der Waals surface area (Å²) >= 11 is 0. The largest absolute Gasteiger partial charge is 0.376 e. The highest BCUT2D eigenvalue weighted by atomic mass is 16.5. The Hall–Kier alpha value is -1.60. The Morgan fingerprint density at radius 3 is 2.30 bits per heavy atom. The van der Waals surface area contributed by atoms with E-state index in [0.29, 0.717) is 13.2 Å². The number of hydrogen-bond donors (Lipinski definition) is 0. The van der Waals surface area contributed by atoms with Gasteiger partial charge in [-0.3, -0.25) is 0 Å². The quantitative estimate of drug-likeness (QED) is 0.388. The van der Waals surface area contributed by atoms with Gasteiger partial charge >= 0.3 is 0 Å². The molecule has 126 valence electrons. The fraction of sp³-hybridized carbons (Fsp3) is 0.455. The van der Waals surface area contributed by atoms with Crippen molar-refractivity contribution in [2.75, 3.05) is 13.2 Å². The predicted octanol–water partition coefficient (Wildman–Crippen LogP) is 6.23. The van der Waals surface area contributed by atoms with Gasteiger partial charge in [0.05, 0.1) is 13.2 Å². The van der Waals surface area contributed by atoms with Crippen LogP contribution in [0, 0.1) is 0 Å². The van der Waals surface area contributed by atoms with Gasteiger partial charge < -0.3 is 4.74 Å². The molecule has 1 rings (SSSR count). The molecule has 0 saturated heterocycles. The zero-order valence-corrected chi connectivity index (χ0v) is 15.4. The SMILES string of the molecule is C/C=C\C(=C/C)COCC(C)(/C(=C/C)CCC)c1ccccc1. The molecule has 1 nitrogen and oxygen atoms in total. The van der Waals surface area contributed by atoms with Crippen LogP contribution in [0.4, 0.5) is 0 Å². The van der Waals surface area contributed by atoms with Crippen LogP contribution in [0.25, 0.3) is 0 Å². The fourth-order valence-electron chi connectivity index (χ4n) is 2.99. The van der Waals surface area contributed by atoms with Crippen molar-refractivity contribution in [3.8, 4) is 0 Å². The van der Waals surface area contributed by atoms with Crippen molar-refractivity contribution >= 4 is 0 Å². The van der Waals surface area contributed by atoms with Crippen LogP contribution in [0.3, 0.4) is 0 Å². The normalized spacial score (nSPS) is 15.9. The minimum absolute atomic E-state index is 0.0687. The van der Waals surface area contributed by atoms with Crippen molar-refractivity contribution in [2.45, 2.75) is 52.9 Å². The number of rotatable bonds is 9. The Kier molecular flexibility index (Phi) is 8.65. The molecule has 0 heterocycles. The van der Waals surface area contributed by atoms with Crippen molar-refractivity contribution in [2.24, 2.45) is 0 Å². The van der Waals surface area contributed by atoms with E-state index in [1.54, 1.807) is 0 Å². The third-order valence-corrected chi connectivity index (χ3v) is 4.40. The first kappa shape index (κ1) is 19.4. The van der Waals surface area contributed by atoms with E-state index >= 15 is 0 Å². The molecule has 0 radical (unpaired) electrons. The van der Waals surface area contributed by atoms with Gasteiger partial charge in [-0.25, -0.2) is 0 Å². The monoisotopic (exact) mass is 312 g/mol. The minimum Gasteiger partial charge on any atom is -0.376 e. The molecule has 1 unspecified atom stereocenters. The van der Waals surface area contributed by atoms with Gasteiger partial charge in [-0.15, -0.1) is 0 Å². The van der Waals surface area contributed by atoms with Crippen LogP contribution in [0.1, 0.15) is 53.0 Å². The first-order valence-electron chi connectivity index (χ1n) is 8.69. The third kappa shape index (κ3) is 5.51. The molecule has 1 atom stereocenters. The second-order valence-corrected chi connectivity index (χ2v) is 6.12. The molecule has 0 aliphatic rings. The molecular weight excluding hydrogens is 280 g/mol. The summed E-state index contributed by atoms with van der Waals surface area (Å²) < 4.78 is 6.13. The Balaban J connectivity index is 2.97. The lowest BCUT2D eigenvalue weighted by atomic mass is 9.74. The molecule has 1 heteroatoms. The topological polar surface area (TPSA) is 9.23 Å². The summed E-state index contributed by atoms with van der Waals surface area (Å²) in [5, 5.41) is 0. The molecule has 0 amide bonds. The molecule has 0 aliphatic carbocycles. The van der Waals surface area contributed by atoms with Crippen molar-refractivity contribution < 1.29 is 4.74 Å². The summed E-state index contributed by atoms with van der Waals surface area (Å²) in [5.74, 6) is 0. The number of hydrogen-bond acceptors (Lipinski definition) is 1. The minimum atomic E-state index is -0.0687. The molecule has 23 heavy (non-hydrogen) atoms. The Morgan fingerprint density at radius 1 is 1.09 bits per heavy atom. The Morgan fingerprint density at radius 2 is 1.78 bits per heavy atom. The summed E-state index contributed by atoms with van der Waals surface area (Å²) in [5.41, 5.74) is 3.94. The van der Waals surface area contributed by atoms with Crippen molar-refractivity contribution in [3.05, 3.63) is 71.3 Å². The van der Waals surface area contributed by atoms with E-state index in [0.717, 1.165) is 12.8 Å². The zero-order chi connectivity index (χ0) is 17.1. The Bertz CT molecular complexity index is 536. The van der Waals surface area contributed by atoms with E-state index < -0.39 is 0 Å². The summed E-state index contributed by atoms with van der Waals surface area (Å²) in [6.45, 7) is 12.1. The second kappa shape index (κ2) is 10.2. The maximum atomic E-state index is 6.13. The van der Waals surface area contributed by atoms with Gasteiger partial charge in [0.15, 0.2) is 0 Å². The maximum Gasteiger partial charge on any atom is 0.0714 e. The van der Waals surface area contributed by atoms with E-state index in [-0.39, 0.29) is 5.41 Å². The highest BCUT2D eigenvalue weighted by molar-refractivity contribution is 5.35. The summed E-state index contributed by atoms with van der Waals surface area (Å²) in [4.78, 5) is 0. The average molecular weight is 312 g/mol.